The van der Waals surface area contributed by atoms with Crippen molar-refractivity contribution in [1.29, 1.82) is 0 Å². The van der Waals surface area contributed by atoms with Gasteiger partial charge in [-0.15, -0.1) is 0 Å². The average molecular weight is 796 g/mol. The summed E-state index contributed by atoms with van der Waals surface area (Å²) in [5.74, 6) is 0.586. The maximum Gasteiger partial charge on any atom is 0.227 e. The molecule has 62 heavy (non-hydrogen) atoms. The fraction of sp³-hybridized carbons (Fsp3) is 0. The van der Waals surface area contributed by atoms with Crippen molar-refractivity contribution >= 4 is 88.7 Å². The van der Waals surface area contributed by atoms with E-state index in [0.717, 1.165) is 105 Å². The maximum absolute atomic E-state index is 6.71. The van der Waals surface area contributed by atoms with Gasteiger partial charge in [0, 0.05) is 61.2 Å². The Morgan fingerprint density at radius 3 is 1.42 bits per heavy atom. The number of furan rings is 1. The number of nitrogens with zero attached hydrogens (tertiary/aromatic N) is 3. The summed E-state index contributed by atoms with van der Waals surface area (Å²) in [6.45, 7) is 0. The molecular formula is C57H37N3O2. The van der Waals surface area contributed by atoms with Crippen molar-refractivity contribution in [2.24, 2.45) is 0 Å². The standard InChI is InChI=1S/C57H37N3O2/c1-4-14-41(15-5-1)59(42-16-6-2-7-17-42)44-29-24-38(25-30-44)40-28-34-49-51(36-40)47-20-10-11-22-50(47)56-55(49)58-57(62-56)39-26-31-45(32-27-39)60(43-18-8-3-9-19-43)46-33-35-54-52(37-46)48-21-12-13-23-53(48)61-54/h1-37H. The van der Waals surface area contributed by atoms with Gasteiger partial charge in [0.1, 0.15) is 16.7 Å². The largest absolute Gasteiger partial charge is 0.456 e. The predicted molar refractivity (Wildman–Crippen MR) is 257 cm³/mol. The van der Waals surface area contributed by atoms with Crippen LogP contribution in [0.4, 0.5) is 34.1 Å². The molecule has 5 nitrogen and oxygen atoms in total. The van der Waals surface area contributed by atoms with Crippen LogP contribution in [0.2, 0.25) is 0 Å². The minimum Gasteiger partial charge on any atom is -0.456 e. The first-order valence-electron chi connectivity index (χ1n) is 20.9. The van der Waals surface area contributed by atoms with Crippen LogP contribution in [0.25, 0.3) is 77.2 Å². The zero-order chi connectivity index (χ0) is 41.0. The Kier molecular flexibility index (Phi) is 8.42. The van der Waals surface area contributed by atoms with Crippen molar-refractivity contribution in [2.45, 2.75) is 0 Å². The lowest BCUT2D eigenvalue weighted by molar-refractivity contribution is 0.623. The van der Waals surface area contributed by atoms with Crippen molar-refractivity contribution in [2.75, 3.05) is 9.80 Å². The summed E-state index contributed by atoms with van der Waals surface area (Å²) in [5.41, 5.74) is 13.0. The Labute approximate surface area is 358 Å². The molecule has 0 radical (unpaired) electrons. The summed E-state index contributed by atoms with van der Waals surface area (Å²) in [6.07, 6.45) is 0. The first-order chi connectivity index (χ1) is 30.7. The highest BCUT2D eigenvalue weighted by Gasteiger charge is 2.20. The molecule has 0 N–H and O–H groups in total. The number of fused-ring (bicyclic) bond motifs is 9. The summed E-state index contributed by atoms with van der Waals surface area (Å²) in [5, 5.41) is 6.55. The van der Waals surface area contributed by atoms with Crippen LogP contribution >= 0.6 is 0 Å². The van der Waals surface area contributed by atoms with Crippen molar-refractivity contribution in [3.63, 3.8) is 0 Å². The van der Waals surface area contributed by atoms with E-state index in [1.807, 2.05) is 18.2 Å². The number of oxazole rings is 1. The van der Waals surface area contributed by atoms with Crippen LogP contribution in [-0.2, 0) is 0 Å². The second-order valence-corrected chi connectivity index (χ2v) is 15.6. The Morgan fingerprint density at radius 2 is 0.774 bits per heavy atom. The molecule has 12 aromatic rings. The van der Waals surface area contributed by atoms with E-state index < -0.39 is 0 Å². The van der Waals surface area contributed by atoms with Crippen molar-refractivity contribution in [3.05, 3.63) is 224 Å². The number of aromatic nitrogens is 1. The number of para-hydroxylation sites is 4. The zero-order valence-corrected chi connectivity index (χ0v) is 33.5. The minimum atomic E-state index is 0.586. The third-order valence-corrected chi connectivity index (χ3v) is 11.9. The molecule has 0 fully saturated rings. The molecule has 0 saturated heterocycles. The van der Waals surface area contributed by atoms with Gasteiger partial charge in [-0.1, -0.05) is 121 Å². The van der Waals surface area contributed by atoms with E-state index in [2.05, 4.69) is 216 Å². The SMILES string of the molecule is c1ccc(N(c2ccccc2)c2ccc(-c3ccc4c(c3)c3ccccc3c3oc(-c5ccc(N(c6ccccc6)c6ccc7oc8ccccc8c7c6)cc5)nc43)cc2)cc1. The monoisotopic (exact) mass is 795 g/mol. The predicted octanol–water partition coefficient (Wildman–Crippen LogP) is 16.3. The maximum atomic E-state index is 6.71. The molecule has 5 heteroatoms. The molecule has 0 aliphatic carbocycles. The molecule has 0 unspecified atom stereocenters. The zero-order valence-electron chi connectivity index (χ0n) is 33.5. The van der Waals surface area contributed by atoms with Crippen LogP contribution in [0, 0.1) is 0 Å². The van der Waals surface area contributed by atoms with Crippen LogP contribution in [0.1, 0.15) is 0 Å². The highest BCUT2D eigenvalue weighted by atomic mass is 16.3. The number of rotatable bonds is 8. The van der Waals surface area contributed by atoms with Crippen LogP contribution in [-0.4, -0.2) is 4.98 Å². The van der Waals surface area contributed by atoms with Crippen LogP contribution < -0.4 is 9.80 Å². The Hall–Kier alpha value is -8.41. The van der Waals surface area contributed by atoms with Gasteiger partial charge in [-0.05, 0) is 125 Å². The first-order valence-corrected chi connectivity index (χ1v) is 20.9. The molecule has 12 rings (SSSR count). The van der Waals surface area contributed by atoms with E-state index in [0.29, 0.717) is 5.89 Å². The van der Waals surface area contributed by atoms with Gasteiger partial charge < -0.3 is 18.6 Å². The second-order valence-electron chi connectivity index (χ2n) is 15.6. The molecule has 10 aromatic carbocycles. The van der Waals surface area contributed by atoms with Crippen LogP contribution in [0.5, 0.6) is 0 Å². The second kappa shape index (κ2) is 14.7. The average Bonchev–Trinajstić information content (AvgIpc) is 3.96. The normalized spacial score (nSPS) is 11.5. The highest BCUT2D eigenvalue weighted by Crippen LogP contribution is 2.42. The van der Waals surface area contributed by atoms with E-state index in [-0.39, 0.29) is 0 Å². The molecule has 0 saturated carbocycles. The summed E-state index contributed by atoms with van der Waals surface area (Å²) in [7, 11) is 0. The summed E-state index contributed by atoms with van der Waals surface area (Å²) in [6, 6.07) is 78.5. The molecule has 0 spiro atoms. The summed E-state index contributed by atoms with van der Waals surface area (Å²) < 4.78 is 12.9. The summed E-state index contributed by atoms with van der Waals surface area (Å²) in [4.78, 5) is 9.76. The van der Waals surface area contributed by atoms with Crippen molar-refractivity contribution < 1.29 is 8.83 Å². The molecule has 0 aliphatic rings. The molecule has 2 aromatic heterocycles. The summed E-state index contributed by atoms with van der Waals surface area (Å²) >= 11 is 0. The molecule has 0 aliphatic heterocycles. The third kappa shape index (κ3) is 6.06. The van der Waals surface area contributed by atoms with E-state index in [1.54, 1.807) is 0 Å². The number of benzene rings is 10. The lowest BCUT2D eigenvalue weighted by Gasteiger charge is -2.25. The lowest BCUT2D eigenvalue weighted by Crippen LogP contribution is -2.09. The van der Waals surface area contributed by atoms with Gasteiger partial charge >= 0.3 is 0 Å². The Balaban J connectivity index is 0.911. The van der Waals surface area contributed by atoms with Crippen LogP contribution in [0.15, 0.2) is 233 Å². The number of hydrogen-bond acceptors (Lipinski definition) is 5. The lowest BCUT2D eigenvalue weighted by atomic mass is 9.96. The molecule has 2 heterocycles. The molecular weight excluding hydrogens is 759 g/mol. The molecule has 0 atom stereocenters. The molecule has 292 valence electrons. The number of hydrogen-bond donors (Lipinski definition) is 0. The van der Waals surface area contributed by atoms with Gasteiger partial charge in [-0.3, -0.25) is 0 Å². The van der Waals surface area contributed by atoms with Gasteiger partial charge in [0.2, 0.25) is 5.89 Å². The number of anilines is 6. The van der Waals surface area contributed by atoms with Gasteiger partial charge in [0.05, 0.1) is 0 Å². The van der Waals surface area contributed by atoms with E-state index in [9.17, 15) is 0 Å². The van der Waals surface area contributed by atoms with E-state index >= 15 is 0 Å². The topological polar surface area (TPSA) is 45.7 Å². The van der Waals surface area contributed by atoms with Gasteiger partial charge in [0.25, 0.3) is 0 Å². The van der Waals surface area contributed by atoms with Gasteiger partial charge in [0.15, 0.2) is 5.58 Å². The fourth-order valence-electron chi connectivity index (χ4n) is 8.91. The quantitative estimate of drug-likeness (QED) is 0.143. The third-order valence-electron chi connectivity index (χ3n) is 11.9. The van der Waals surface area contributed by atoms with Crippen LogP contribution in [0.3, 0.4) is 0 Å². The van der Waals surface area contributed by atoms with Gasteiger partial charge in [-0.2, -0.15) is 0 Å². The van der Waals surface area contributed by atoms with Crippen molar-refractivity contribution in [3.8, 4) is 22.6 Å². The van der Waals surface area contributed by atoms with Crippen molar-refractivity contribution in [1.82, 2.24) is 4.98 Å². The minimum absolute atomic E-state index is 0.586. The van der Waals surface area contributed by atoms with E-state index in [4.69, 9.17) is 13.8 Å². The van der Waals surface area contributed by atoms with E-state index in [1.165, 1.54) is 0 Å². The Bertz CT molecular complexity index is 3520. The molecule has 0 bridgehead atoms. The van der Waals surface area contributed by atoms with Gasteiger partial charge in [-0.25, -0.2) is 4.98 Å². The molecule has 0 amide bonds. The Morgan fingerprint density at radius 1 is 0.290 bits per heavy atom. The highest BCUT2D eigenvalue weighted by molar-refractivity contribution is 6.23. The fourth-order valence-corrected chi connectivity index (χ4v) is 8.91. The first kappa shape index (κ1) is 35.5. The smallest absolute Gasteiger partial charge is 0.227 e.